The van der Waals surface area contributed by atoms with Crippen molar-refractivity contribution >= 4 is 0 Å². The van der Waals surface area contributed by atoms with Gasteiger partial charge in [-0.2, -0.15) is 0 Å². The van der Waals surface area contributed by atoms with Crippen LogP contribution in [0.25, 0.3) is 0 Å². The van der Waals surface area contributed by atoms with Crippen molar-refractivity contribution < 1.29 is 0 Å². The maximum atomic E-state index is 4.13. The van der Waals surface area contributed by atoms with E-state index in [1.165, 1.54) is 0 Å². The summed E-state index contributed by atoms with van der Waals surface area (Å²) in [5.41, 5.74) is 2.28. The van der Waals surface area contributed by atoms with E-state index in [2.05, 4.69) is 26.8 Å². The first-order valence-electron chi connectivity index (χ1n) is 4.56. The molecule has 0 aliphatic heterocycles. The van der Waals surface area contributed by atoms with E-state index in [0.29, 0.717) is 5.69 Å². The van der Waals surface area contributed by atoms with Crippen molar-refractivity contribution in [1.82, 2.24) is 15.0 Å². The number of nitrogens with zero attached hydrogens (tertiary/aromatic N) is 3. The first-order chi connectivity index (χ1) is 7.34. The van der Waals surface area contributed by atoms with Crippen molar-refractivity contribution in [3.8, 4) is 11.8 Å². The van der Waals surface area contributed by atoms with Crippen LogP contribution in [0.1, 0.15) is 17.1 Å². The van der Waals surface area contributed by atoms with Gasteiger partial charge in [-0.25, -0.2) is 9.97 Å². The van der Waals surface area contributed by atoms with Gasteiger partial charge in [-0.3, -0.25) is 4.98 Å². The first kappa shape index (κ1) is 9.35. The number of aromatic nitrogens is 3. The molecule has 0 N–H and O–H groups in total. The molecule has 2 heterocycles. The summed E-state index contributed by atoms with van der Waals surface area (Å²) in [6.07, 6.45) is 5.07. The van der Waals surface area contributed by atoms with Gasteiger partial charge in [-0.05, 0) is 30.9 Å². The molecule has 0 fully saturated rings. The molecule has 0 amide bonds. The minimum atomic E-state index is 0.659. The lowest BCUT2D eigenvalue weighted by molar-refractivity contribution is 1.10. The average Bonchev–Trinajstić information content (AvgIpc) is 2.30. The third kappa shape index (κ3) is 2.61. The fourth-order valence-electron chi connectivity index (χ4n) is 1.02. The zero-order valence-corrected chi connectivity index (χ0v) is 8.31. The molecule has 72 valence electrons. The standard InChI is InChI=1S/C12H9N3/c1-10-8-15-12(9-14-10)6-5-11-4-2-3-7-13-11/h2-4,7-9H,1H3. The molecule has 0 saturated carbocycles. The molecule has 0 aromatic carbocycles. The van der Waals surface area contributed by atoms with E-state index in [-0.39, 0.29) is 0 Å². The fraction of sp³-hybridized carbons (Fsp3) is 0.0833. The van der Waals surface area contributed by atoms with Gasteiger partial charge in [0.05, 0.1) is 11.9 Å². The summed E-state index contributed by atoms with van der Waals surface area (Å²) in [5.74, 6) is 5.82. The highest BCUT2D eigenvalue weighted by Crippen LogP contribution is 1.93. The van der Waals surface area contributed by atoms with Crippen LogP contribution in [0.2, 0.25) is 0 Å². The van der Waals surface area contributed by atoms with Crippen LogP contribution in [-0.2, 0) is 0 Å². The van der Waals surface area contributed by atoms with E-state index in [4.69, 9.17) is 0 Å². The number of pyridine rings is 1. The van der Waals surface area contributed by atoms with Gasteiger partial charge in [0, 0.05) is 12.4 Å². The predicted octanol–water partition coefficient (Wildman–Crippen LogP) is 1.58. The number of hydrogen-bond donors (Lipinski definition) is 0. The Labute approximate surface area is 88.2 Å². The van der Waals surface area contributed by atoms with Crippen molar-refractivity contribution in [2.45, 2.75) is 6.92 Å². The summed E-state index contributed by atoms with van der Waals surface area (Å²) in [4.78, 5) is 12.3. The van der Waals surface area contributed by atoms with Gasteiger partial charge in [-0.1, -0.05) is 6.07 Å². The van der Waals surface area contributed by atoms with Gasteiger partial charge in [0.1, 0.15) is 11.4 Å². The second kappa shape index (κ2) is 4.34. The van der Waals surface area contributed by atoms with Gasteiger partial charge in [-0.15, -0.1) is 0 Å². The molecule has 0 bridgehead atoms. The summed E-state index contributed by atoms with van der Waals surface area (Å²) in [6, 6.07) is 5.61. The monoisotopic (exact) mass is 195 g/mol. The average molecular weight is 195 g/mol. The van der Waals surface area contributed by atoms with Crippen molar-refractivity contribution in [3.63, 3.8) is 0 Å². The summed E-state index contributed by atoms with van der Waals surface area (Å²) in [7, 11) is 0. The van der Waals surface area contributed by atoms with Crippen LogP contribution in [0, 0.1) is 18.8 Å². The Morgan fingerprint density at radius 3 is 2.47 bits per heavy atom. The summed E-state index contributed by atoms with van der Waals surface area (Å²) < 4.78 is 0. The Morgan fingerprint density at radius 1 is 0.933 bits per heavy atom. The SMILES string of the molecule is Cc1cnc(C#Cc2ccccn2)cn1. The number of rotatable bonds is 0. The minimum Gasteiger partial charge on any atom is -0.257 e. The quantitative estimate of drug-likeness (QED) is 0.599. The zero-order valence-electron chi connectivity index (χ0n) is 8.31. The fourth-order valence-corrected chi connectivity index (χ4v) is 1.02. The first-order valence-corrected chi connectivity index (χ1v) is 4.56. The van der Waals surface area contributed by atoms with Crippen LogP contribution >= 0.6 is 0 Å². The third-order valence-electron chi connectivity index (χ3n) is 1.76. The minimum absolute atomic E-state index is 0.659. The highest BCUT2D eigenvalue weighted by atomic mass is 14.8. The second-order valence-electron chi connectivity index (χ2n) is 3.01. The Kier molecular flexibility index (Phi) is 2.70. The maximum Gasteiger partial charge on any atom is 0.131 e. The van der Waals surface area contributed by atoms with Crippen LogP contribution in [0.3, 0.4) is 0 Å². The normalized spacial score (nSPS) is 9.13. The van der Waals surface area contributed by atoms with E-state index < -0.39 is 0 Å². The molecule has 0 aliphatic carbocycles. The van der Waals surface area contributed by atoms with Crippen LogP contribution in [0.15, 0.2) is 36.8 Å². The van der Waals surface area contributed by atoms with Crippen LogP contribution in [0.4, 0.5) is 0 Å². The van der Waals surface area contributed by atoms with Gasteiger partial charge >= 0.3 is 0 Å². The molecule has 0 aliphatic rings. The number of hydrogen-bond acceptors (Lipinski definition) is 3. The second-order valence-corrected chi connectivity index (χ2v) is 3.01. The lowest BCUT2D eigenvalue weighted by Gasteiger charge is -1.90. The van der Waals surface area contributed by atoms with E-state index in [1.54, 1.807) is 18.6 Å². The lowest BCUT2D eigenvalue weighted by atomic mass is 10.3. The highest BCUT2D eigenvalue weighted by molar-refractivity contribution is 5.34. The summed E-state index contributed by atoms with van der Waals surface area (Å²) in [5, 5.41) is 0. The van der Waals surface area contributed by atoms with Crippen molar-refractivity contribution in [2.24, 2.45) is 0 Å². The molecule has 0 radical (unpaired) electrons. The number of aryl methyl sites for hydroxylation is 1. The Morgan fingerprint density at radius 2 is 1.80 bits per heavy atom. The molecule has 0 atom stereocenters. The van der Waals surface area contributed by atoms with Gasteiger partial charge in [0.2, 0.25) is 0 Å². The molecule has 0 spiro atoms. The van der Waals surface area contributed by atoms with Gasteiger partial charge in [0.25, 0.3) is 0 Å². The smallest absolute Gasteiger partial charge is 0.131 e. The van der Waals surface area contributed by atoms with Crippen molar-refractivity contribution in [2.75, 3.05) is 0 Å². The zero-order chi connectivity index (χ0) is 10.5. The predicted molar refractivity (Wildman–Crippen MR) is 57.0 cm³/mol. The molecule has 15 heavy (non-hydrogen) atoms. The van der Waals surface area contributed by atoms with E-state index >= 15 is 0 Å². The summed E-state index contributed by atoms with van der Waals surface area (Å²) >= 11 is 0. The molecular weight excluding hydrogens is 186 g/mol. The third-order valence-corrected chi connectivity index (χ3v) is 1.76. The Hall–Kier alpha value is -2.21. The van der Waals surface area contributed by atoms with Crippen LogP contribution < -0.4 is 0 Å². The van der Waals surface area contributed by atoms with Crippen molar-refractivity contribution in [1.29, 1.82) is 0 Å². The van der Waals surface area contributed by atoms with Crippen LogP contribution in [-0.4, -0.2) is 15.0 Å². The van der Waals surface area contributed by atoms with E-state index in [1.807, 2.05) is 25.1 Å². The Balaban J connectivity index is 2.22. The lowest BCUT2D eigenvalue weighted by Crippen LogP contribution is -1.87. The van der Waals surface area contributed by atoms with Gasteiger partial charge < -0.3 is 0 Å². The Bertz CT molecular complexity index is 492. The molecule has 0 saturated heterocycles. The largest absolute Gasteiger partial charge is 0.257 e. The molecule has 0 unspecified atom stereocenters. The topological polar surface area (TPSA) is 38.7 Å². The molecule has 2 aromatic rings. The highest BCUT2D eigenvalue weighted by Gasteiger charge is 1.89. The van der Waals surface area contributed by atoms with E-state index in [0.717, 1.165) is 11.4 Å². The molecular formula is C12H9N3. The van der Waals surface area contributed by atoms with Gasteiger partial charge in [0.15, 0.2) is 0 Å². The van der Waals surface area contributed by atoms with Crippen molar-refractivity contribution in [3.05, 3.63) is 53.9 Å². The van der Waals surface area contributed by atoms with E-state index in [9.17, 15) is 0 Å². The molecule has 3 nitrogen and oxygen atoms in total. The molecule has 2 aromatic heterocycles. The summed E-state index contributed by atoms with van der Waals surface area (Å²) in [6.45, 7) is 1.89. The van der Waals surface area contributed by atoms with Crippen LogP contribution in [0.5, 0.6) is 0 Å². The molecule has 2 rings (SSSR count). The molecule has 3 heteroatoms. The maximum absolute atomic E-state index is 4.13.